The molecule has 0 aliphatic carbocycles. The van der Waals surface area contributed by atoms with Crippen LogP contribution in [-0.4, -0.2) is 47.2 Å². The molecule has 0 unspecified atom stereocenters. The number of hydrogen-bond donors (Lipinski definition) is 3. The van der Waals surface area contributed by atoms with Crippen LogP contribution in [0.2, 0.25) is 0 Å². The molecule has 244 valence electrons. The number of aliphatic hydroxyl groups is 1. The predicted octanol–water partition coefficient (Wildman–Crippen LogP) is 6.64. The third-order valence-corrected chi connectivity index (χ3v) is 7.57. The number of hydrazine groups is 1. The van der Waals surface area contributed by atoms with Gasteiger partial charge in [0.15, 0.2) is 11.6 Å². The maximum Gasteiger partial charge on any atom is 0.306 e. The summed E-state index contributed by atoms with van der Waals surface area (Å²) in [5.41, 5.74) is 7.74. The number of carbonyl (C=O) groups excluding carboxylic acids is 2. The Kier molecular flexibility index (Phi) is 10.6. The Labute approximate surface area is 275 Å². The zero-order chi connectivity index (χ0) is 33.3. The number of anilines is 1. The maximum atomic E-state index is 14.3. The number of ether oxygens (including phenoxy) is 3. The smallest absolute Gasteiger partial charge is 0.306 e. The fourth-order valence-corrected chi connectivity index (χ4v) is 5.30. The second-order valence-corrected chi connectivity index (χ2v) is 12.3. The predicted molar refractivity (Wildman–Crippen MR) is 182 cm³/mol. The highest BCUT2D eigenvalue weighted by molar-refractivity contribution is 6.01. The Morgan fingerprint density at radius 1 is 0.851 bits per heavy atom. The van der Waals surface area contributed by atoms with Gasteiger partial charge < -0.3 is 19.3 Å². The van der Waals surface area contributed by atoms with Crippen molar-refractivity contribution in [1.82, 2.24) is 5.43 Å². The highest BCUT2D eigenvalue weighted by atomic mass is 16.6. The number of para-hydroxylation sites is 1. The van der Waals surface area contributed by atoms with Gasteiger partial charge in [-0.15, -0.1) is 0 Å². The number of carbonyl (C=O) groups is 2. The van der Waals surface area contributed by atoms with Crippen molar-refractivity contribution in [3.8, 4) is 16.9 Å². The fourth-order valence-electron chi connectivity index (χ4n) is 5.30. The van der Waals surface area contributed by atoms with Crippen molar-refractivity contribution in [3.05, 3.63) is 120 Å². The molecule has 0 saturated heterocycles. The number of nitrogens with one attached hydrogen (secondary N) is 2. The van der Waals surface area contributed by atoms with E-state index in [1.807, 2.05) is 97.1 Å². The Bertz CT molecular complexity index is 1650. The zero-order valence-corrected chi connectivity index (χ0v) is 26.9. The Hall–Kier alpha value is -5.15. The van der Waals surface area contributed by atoms with E-state index in [4.69, 9.17) is 24.3 Å². The number of benzene rings is 4. The van der Waals surface area contributed by atoms with Crippen molar-refractivity contribution < 1.29 is 28.9 Å². The molecule has 47 heavy (non-hydrogen) atoms. The van der Waals surface area contributed by atoms with Gasteiger partial charge in [0.1, 0.15) is 11.4 Å². The fraction of sp³-hybridized carbons (Fsp3) is 0.289. The van der Waals surface area contributed by atoms with E-state index in [0.29, 0.717) is 30.0 Å². The summed E-state index contributed by atoms with van der Waals surface area (Å²) >= 11 is 0. The molecule has 0 spiro atoms. The molecule has 9 heteroatoms. The lowest BCUT2D eigenvalue weighted by Gasteiger charge is -2.31. The molecule has 0 aromatic heterocycles. The minimum atomic E-state index is -1.53. The van der Waals surface area contributed by atoms with Crippen molar-refractivity contribution in [3.63, 3.8) is 0 Å². The van der Waals surface area contributed by atoms with Gasteiger partial charge in [-0.1, -0.05) is 72.8 Å². The molecule has 0 bridgehead atoms. The zero-order valence-electron chi connectivity index (χ0n) is 26.9. The van der Waals surface area contributed by atoms with E-state index in [9.17, 15) is 9.59 Å². The molecular weight excluding hydrogens is 594 g/mol. The van der Waals surface area contributed by atoms with Crippen molar-refractivity contribution in [1.29, 1.82) is 0 Å². The van der Waals surface area contributed by atoms with Crippen molar-refractivity contribution >= 4 is 23.5 Å². The van der Waals surface area contributed by atoms with Crippen LogP contribution >= 0.6 is 0 Å². The molecule has 0 radical (unpaired) electrons. The first-order valence-corrected chi connectivity index (χ1v) is 15.8. The summed E-state index contributed by atoms with van der Waals surface area (Å²) in [4.78, 5) is 32.3. The third-order valence-electron chi connectivity index (χ3n) is 7.57. The average Bonchev–Trinajstić information content (AvgIpc) is 3.48. The second kappa shape index (κ2) is 15.0. The molecular formula is C38H41N3O6. The van der Waals surface area contributed by atoms with Crippen molar-refractivity contribution in [2.45, 2.75) is 57.3 Å². The first-order valence-electron chi connectivity index (χ1n) is 15.8. The number of hydrogen-bond acceptors (Lipinski definition) is 8. The van der Waals surface area contributed by atoms with Gasteiger partial charge in [-0.25, -0.2) is 4.99 Å². The van der Waals surface area contributed by atoms with Crippen molar-refractivity contribution in [2.24, 2.45) is 4.99 Å². The van der Waals surface area contributed by atoms with Gasteiger partial charge in [0.05, 0.1) is 12.3 Å². The number of rotatable bonds is 13. The number of amides is 1. The molecule has 4 aromatic carbocycles. The molecule has 5 rings (SSSR count). The molecule has 1 aliphatic rings. The van der Waals surface area contributed by atoms with Crippen LogP contribution < -0.4 is 15.6 Å². The highest BCUT2D eigenvalue weighted by Gasteiger charge is 2.53. The highest BCUT2D eigenvalue weighted by Crippen LogP contribution is 2.44. The number of aliphatic imine (C=N–C) groups is 1. The minimum absolute atomic E-state index is 0.0289. The molecule has 0 saturated carbocycles. The molecule has 2 atom stereocenters. The summed E-state index contributed by atoms with van der Waals surface area (Å²) in [6.07, 6.45) is -0.370. The monoisotopic (exact) mass is 635 g/mol. The molecule has 4 aromatic rings. The van der Waals surface area contributed by atoms with Crippen LogP contribution in [0, 0.1) is 0 Å². The van der Waals surface area contributed by atoms with E-state index in [1.54, 1.807) is 32.9 Å². The minimum Gasteiger partial charge on any atom is -0.494 e. The van der Waals surface area contributed by atoms with Gasteiger partial charge >= 0.3 is 5.97 Å². The number of nitrogens with zero attached hydrogens (tertiary/aromatic N) is 1. The lowest BCUT2D eigenvalue weighted by molar-refractivity contribution is -0.155. The molecule has 1 heterocycles. The first-order chi connectivity index (χ1) is 22.7. The van der Waals surface area contributed by atoms with E-state index < -0.39 is 29.1 Å². The average molecular weight is 636 g/mol. The van der Waals surface area contributed by atoms with Crippen LogP contribution in [0.3, 0.4) is 0 Å². The summed E-state index contributed by atoms with van der Waals surface area (Å²) < 4.78 is 17.9. The summed E-state index contributed by atoms with van der Waals surface area (Å²) in [6, 6.07) is 34.3. The van der Waals surface area contributed by atoms with Crippen molar-refractivity contribution in [2.75, 3.05) is 18.6 Å². The number of esters is 1. The first kappa shape index (κ1) is 33.2. The lowest BCUT2D eigenvalue weighted by atomic mass is 9.83. The van der Waals surface area contributed by atoms with Gasteiger partial charge in [0.2, 0.25) is 5.90 Å². The molecule has 1 amide bonds. The lowest BCUT2D eigenvalue weighted by Crippen LogP contribution is -2.50. The molecule has 3 N–H and O–H groups in total. The van der Waals surface area contributed by atoms with E-state index >= 15 is 0 Å². The summed E-state index contributed by atoms with van der Waals surface area (Å²) in [5, 5.41) is 9.08. The van der Waals surface area contributed by atoms with Gasteiger partial charge in [0.25, 0.3) is 5.91 Å². The summed E-state index contributed by atoms with van der Waals surface area (Å²) in [6.45, 7) is 5.85. The van der Waals surface area contributed by atoms with E-state index in [-0.39, 0.29) is 25.3 Å². The second-order valence-electron chi connectivity index (χ2n) is 12.3. The Balaban J connectivity index is 1.52. The number of aliphatic hydroxyl groups excluding tert-OH is 1. The standard InChI is InChI=1S/C38H41N3O6/c1-37(2,3)47-33(43)23-24-38(36(44)41-40-31-13-8-5-9-14-31)34(29-17-15-28(16-18-29)27-11-6-4-7-12-27)46-35(39-38)30-19-21-32(22-20-30)45-26-10-25-42/h4-9,11-22,34,40,42H,10,23-26H2,1-3H3,(H,41,44)/t34-,38-/m0/s1. The van der Waals surface area contributed by atoms with Gasteiger partial charge in [-0.3, -0.25) is 20.4 Å². The van der Waals surface area contributed by atoms with Gasteiger partial charge in [0, 0.05) is 25.0 Å². The maximum absolute atomic E-state index is 14.3. The van der Waals surface area contributed by atoms with Crippen LogP contribution in [-0.2, 0) is 19.1 Å². The van der Waals surface area contributed by atoms with E-state index in [2.05, 4.69) is 10.9 Å². The molecule has 9 nitrogen and oxygen atoms in total. The van der Waals surface area contributed by atoms with Crippen LogP contribution in [0.1, 0.15) is 57.3 Å². The SMILES string of the molecule is CC(C)(C)OC(=O)CC[C@]1(C(=O)NNc2ccccc2)N=C(c2ccc(OCCCO)cc2)O[C@H]1c1ccc(-c2ccccc2)cc1. The molecule has 1 aliphatic heterocycles. The van der Waals surface area contributed by atoms with Crippen LogP contribution in [0.5, 0.6) is 5.75 Å². The molecule has 0 fully saturated rings. The largest absolute Gasteiger partial charge is 0.494 e. The van der Waals surface area contributed by atoms with Crippen LogP contribution in [0.15, 0.2) is 114 Å². The summed E-state index contributed by atoms with van der Waals surface area (Å²) in [5.74, 6) is 0.00541. The van der Waals surface area contributed by atoms with Crippen LogP contribution in [0.25, 0.3) is 11.1 Å². The topological polar surface area (TPSA) is 118 Å². The van der Waals surface area contributed by atoms with Gasteiger partial charge in [-0.05, 0) is 80.3 Å². The quantitative estimate of drug-likeness (QED) is 0.0857. The normalized spacial score (nSPS) is 17.3. The van der Waals surface area contributed by atoms with E-state index in [1.165, 1.54) is 0 Å². The third kappa shape index (κ3) is 8.56. The Morgan fingerprint density at radius 3 is 2.11 bits per heavy atom. The summed E-state index contributed by atoms with van der Waals surface area (Å²) in [7, 11) is 0. The van der Waals surface area contributed by atoms with Crippen LogP contribution in [0.4, 0.5) is 5.69 Å². The van der Waals surface area contributed by atoms with Gasteiger partial charge in [-0.2, -0.15) is 0 Å². The Morgan fingerprint density at radius 2 is 1.47 bits per heavy atom. The van der Waals surface area contributed by atoms with E-state index in [0.717, 1.165) is 16.7 Å².